The number of carbonyl (C=O) groups is 1. The van der Waals surface area contributed by atoms with Gasteiger partial charge in [0.1, 0.15) is 6.61 Å². The highest BCUT2D eigenvalue weighted by Gasteiger charge is 2.09. The van der Waals surface area contributed by atoms with Gasteiger partial charge < -0.3 is 10.1 Å². The molecular formula is C10H12F2N2O2. The zero-order valence-electron chi connectivity index (χ0n) is 8.96. The molecule has 0 radical (unpaired) electrons. The Balaban J connectivity index is 2.56. The van der Waals surface area contributed by atoms with E-state index < -0.39 is 17.8 Å². The van der Waals surface area contributed by atoms with E-state index in [9.17, 15) is 13.6 Å². The summed E-state index contributed by atoms with van der Waals surface area (Å²) in [6, 6.07) is 2.06. The summed E-state index contributed by atoms with van der Waals surface area (Å²) in [5.41, 5.74) is -0.168. The van der Waals surface area contributed by atoms with Crippen molar-refractivity contribution in [1.29, 1.82) is 0 Å². The molecule has 1 heterocycles. The van der Waals surface area contributed by atoms with Crippen molar-refractivity contribution in [3.63, 3.8) is 0 Å². The Morgan fingerprint density at radius 2 is 2.19 bits per heavy atom. The minimum absolute atomic E-state index is 0.0954. The monoisotopic (exact) mass is 230 g/mol. The number of carbonyl (C=O) groups excluding carboxylic acids is 1. The van der Waals surface area contributed by atoms with Gasteiger partial charge in [0.25, 0.3) is 5.91 Å². The van der Waals surface area contributed by atoms with Crippen LogP contribution in [-0.4, -0.2) is 23.6 Å². The summed E-state index contributed by atoms with van der Waals surface area (Å²) in [6.45, 7) is 3.36. The predicted octanol–water partition coefficient (Wildman–Crippen LogP) is 1.72. The van der Waals surface area contributed by atoms with Crippen LogP contribution in [0.25, 0.3) is 0 Å². The van der Waals surface area contributed by atoms with E-state index in [1.54, 1.807) is 13.8 Å². The van der Waals surface area contributed by atoms with Gasteiger partial charge in [0, 0.05) is 0 Å². The maximum absolute atomic E-state index is 13.0. The molecule has 0 unspecified atom stereocenters. The molecule has 1 rings (SSSR count). The zero-order chi connectivity index (χ0) is 12.1. The van der Waals surface area contributed by atoms with Gasteiger partial charge in [-0.3, -0.25) is 4.79 Å². The lowest BCUT2D eigenvalue weighted by atomic mass is 10.4. The number of halogens is 2. The fourth-order valence-electron chi connectivity index (χ4n) is 0.934. The smallest absolute Gasteiger partial charge is 0.250 e. The third kappa shape index (κ3) is 3.90. The van der Waals surface area contributed by atoms with Crippen molar-refractivity contribution >= 4 is 11.6 Å². The molecule has 6 heteroatoms. The fourth-order valence-corrected chi connectivity index (χ4v) is 0.934. The topological polar surface area (TPSA) is 51.2 Å². The van der Waals surface area contributed by atoms with Crippen LogP contribution in [0.3, 0.4) is 0 Å². The van der Waals surface area contributed by atoms with Gasteiger partial charge in [-0.25, -0.2) is 0 Å². The van der Waals surface area contributed by atoms with Crippen LogP contribution in [0.1, 0.15) is 13.8 Å². The SMILES string of the molecule is CC(C)OCC(=O)Nc1ccc(F)nc1F. The Labute approximate surface area is 91.6 Å². The molecule has 0 aliphatic heterocycles. The Bertz CT molecular complexity index is 383. The summed E-state index contributed by atoms with van der Waals surface area (Å²) >= 11 is 0. The molecule has 0 saturated carbocycles. The van der Waals surface area contributed by atoms with Crippen molar-refractivity contribution in [2.45, 2.75) is 20.0 Å². The molecule has 0 aliphatic carbocycles. The molecule has 1 amide bonds. The third-order valence-corrected chi connectivity index (χ3v) is 1.64. The van der Waals surface area contributed by atoms with Crippen LogP contribution in [0.15, 0.2) is 12.1 Å². The zero-order valence-corrected chi connectivity index (χ0v) is 8.96. The maximum atomic E-state index is 13.0. The molecule has 1 aromatic rings. The molecule has 4 nitrogen and oxygen atoms in total. The van der Waals surface area contributed by atoms with E-state index >= 15 is 0 Å². The van der Waals surface area contributed by atoms with Crippen LogP contribution in [0, 0.1) is 11.9 Å². The molecule has 0 atom stereocenters. The minimum Gasteiger partial charge on any atom is -0.369 e. The first-order valence-electron chi connectivity index (χ1n) is 4.72. The maximum Gasteiger partial charge on any atom is 0.250 e. The Morgan fingerprint density at radius 3 is 2.75 bits per heavy atom. The van der Waals surface area contributed by atoms with Crippen LogP contribution in [-0.2, 0) is 9.53 Å². The van der Waals surface area contributed by atoms with Gasteiger partial charge in [-0.05, 0) is 26.0 Å². The van der Waals surface area contributed by atoms with Gasteiger partial charge in [0.05, 0.1) is 11.8 Å². The summed E-state index contributed by atoms with van der Waals surface area (Å²) in [6.07, 6.45) is -0.0954. The first kappa shape index (κ1) is 12.5. The van der Waals surface area contributed by atoms with Gasteiger partial charge >= 0.3 is 0 Å². The van der Waals surface area contributed by atoms with Gasteiger partial charge in [-0.1, -0.05) is 0 Å². The van der Waals surface area contributed by atoms with E-state index in [0.29, 0.717) is 0 Å². The van der Waals surface area contributed by atoms with E-state index in [0.717, 1.165) is 12.1 Å². The van der Waals surface area contributed by atoms with Crippen molar-refractivity contribution in [2.24, 2.45) is 0 Å². The molecule has 1 N–H and O–H groups in total. The van der Waals surface area contributed by atoms with Crippen molar-refractivity contribution in [2.75, 3.05) is 11.9 Å². The second-order valence-electron chi connectivity index (χ2n) is 3.38. The van der Waals surface area contributed by atoms with Crippen LogP contribution in [0.5, 0.6) is 0 Å². The number of nitrogens with one attached hydrogen (secondary N) is 1. The van der Waals surface area contributed by atoms with Crippen LogP contribution >= 0.6 is 0 Å². The van der Waals surface area contributed by atoms with E-state index in [1.807, 2.05) is 0 Å². The molecule has 0 spiro atoms. The highest BCUT2D eigenvalue weighted by Crippen LogP contribution is 2.11. The second-order valence-corrected chi connectivity index (χ2v) is 3.38. The third-order valence-electron chi connectivity index (χ3n) is 1.64. The highest BCUT2D eigenvalue weighted by atomic mass is 19.1. The van der Waals surface area contributed by atoms with E-state index in [2.05, 4.69) is 10.3 Å². The van der Waals surface area contributed by atoms with E-state index in [4.69, 9.17) is 4.74 Å². The normalized spacial score (nSPS) is 10.6. The summed E-state index contributed by atoms with van der Waals surface area (Å²) in [7, 11) is 0. The lowest BCUT2D eigenvalue weighted by Crippen LogP contribution is -2.21. The Morgan fingerprint density at radius 1 is 1.50 bits per heavy atom. The lowest BCUT2D eigenvalue weighted by Gasteiger charge is -2.08. The number of nitrogens with zero attached hydrogens (tertiary/aromatic N) is 1. The minimum atomic E-state index is -1.06. The van der Waals surface area contributed by atoms with E-state index in [-0.39, 0.29) is 18.4 Å². The summed E-state index contributed by atoms with van der Waals surface area (Å²) in [5, 5.41) is 2.22. The number of hydrogen-bond acceptors (Lipinski definition) is 3. The van der Waals surface area contributed by atoms with Crippen molar-refractivity contribution in [3.05, 3.63) is 24.0 Å². The molecule has 0 saturated heterocycles. The number of aromatic nitrogens is 1. The summed E-state index contributed by atoms with van der Waals surface area (Å²) in [5.74, 6) is -2.51. The van der Waals surface area contributed by atoms with Gasteiger partial charge in [0.2, 0.25) is 11.9 Å². The van der Waals surface area contributed by atoms with Gasteiger partial charge in [-0.2, -0.15) is 13.8 Å². The average molecular weight is 230 g/mol. The van der Waals surface area contributed by atoms with Crippen LogP contribution in [0.2, 0.25) is 0 Å². The van der Waals surface area contributed by atoms with E-state index in [1.165, 1.54) is 0 Å². The molecule has 16 heavy (non-hydrogen) atoms. The van der Waals surface area contributed by atoms with Gasteiger partial charge in [0.15, 0.2) is 0 Å². The van der Waals surface area contributed by atoms with Crippen molar-refractivity contribution in [3.8, 4) is 0 Å². The predicted molar refractivity (Wildman–Crippen MR) is 53.9 cm³/mol. The Kier molecular flexibility index (Phi) is 4.30. The molecule has 88 valence electrons. The number of anilines is 1. The highest BCUT2D eigenvalue weighted by molar-refractivity contribution is 5.91. The molecule has 1 aromatic heterocycles. The lowest BCUT2D eigenvalue weighted by molar-refractivity contribution is -0.121. The first-order chi connectivity index (χ1) is 7.49. The quantitative estimate of drug-likeness (QED) is 0.801. The van der Waals surface area contributed by atoms with Crippen LogP contribution < -0.4 is 5.32 Å². The van der Waals surface area contributed by atoms with Gasteiger partial charge in [-0.15, -0.1) is 0 Å². The number of amides is 1. The fraction of sp³-hybridized carbons (Fsp3) is 0.400. The molecule has 0 bridgehead atoms. The number of pyridine rings is 1. The second kappa shape index (κ2) is 5.50. The Hall–Kier alpha value is -1.56. The molecule has 0 fully saturated rings. The number of ether oxygens (including phenoxy) is 1. The molecular weight excluding hydrogens is 218 g/mol. The molecule has 0 aromatic carbocycles. The molecule has 0 aliphatic rings. The summed E-state index contributed by atoms with van der Waals surface area (Å²) < 4.78 is 30.5. The standard InChI is InChI=1S/C10H12F2N2O2/c1-6(2)16-5-9(15)13-7-3-4-8(11)14-10(7)12/h3-4,6H,5H2,1-2H3,(H,13,15). The van der Waals surface area contributed by atoms with Crippen molar-refractivity contribution < 1.29 is 18.3 Å². The first-order valence-corrected chi connectivity index (χ1v) is 4.72. The average Bonchev–Trinajstić information content (AvgIpc) is 2.19. The number of hydrogen-bond donors (Lipinski definition) is 1. The largest absolute Gasteiger partial charge is 0.369 e. The van der Waals surface area contributed by atoms with Crippen molar-refractivity contribution in [1.82, 2.24) is 4.98 Å². The summed E-state index contributed by atoms with van der Waals surface area (Å²) in [4.78, 5) is 14.2. The van der Waals surface area contributed by atoms with Crippen LogP contribution in [0.4, 0.5) is 14.5 Å². The number of rotatable bonds is 4.